The van der Waals surface area contributed by atoms with Gasteiger partial charge in [0.25, 0.3) is 0 Å². The van der Waals surface area contributed by atoms with E-state index in [0.29, 0.717) is 6.61 Å². The minimum atomic E-state index is -0.0879. The van der Waals surface area contributed by atoms with Gasteiger partial charge >= 0.3 is 0 Å². The lowest BCUT2D eigenvalue weighted by molar-refractivity contribution is -0.114. The first-order valence-electron chi connectivity index (χ1n) is 6.31. The third-order valence-corrected chi connectivity index (χ3v) is 2.71. The molecular weight excluding hydrogens is 254 g/mol. The van der Waals surface area contributed by atoms with Crippen molar-refractivity contribution in [2.45, 2.75) is 13.5 Å². The van der Waals surface area contributed by atoms with Crippen molar-refractivity contribution >= 4 is 11.6 Å². The second-order valence-corrected chi connectivity index (χ2v) is 4.35. The molecule has 0 bridgehead atoms. The number of carbonyl (C=O) groups excluding carboxylic acids is 1. The van der Waals surface area contributed by atoms with Crippen LogP contribution in [-0.4, -0.2) is 13.0 Å². The second-order valence-electron chi connectivity index (χ2n) is 4.35. The van der Waals surface area contributed by atoms with Crippen molar-refractivity contribution in [3.63, 3.8) is 0 Å². The van der Waals surface area contributed by atoms with Crippen molar-refractivity contribution in [2.75, 3.05) is 12.4 Å². The Labute approximate surface area is 118 Å². The number of benzene rings is 2. The van der Waals surface area contributed by atoms with Crippen molar-refractivity contribution in [2.24, 2.45) is 0 Å². The number of anilines is 1. The lowest BCUT2D eigenvalue weighted by Gasteiger charge is -2.08. The molecule has 0 saturated heterocycles. The summed E-state index contributed by atoms with van der Waals surface area (Å²) in [6.45, 7) is 1.95. The fourth-order valence-electron chi connectivity index (χ4n) is 1.77. The molecule has 0 saturated carbocycles. The average Bonchev–Trinajstić information content (AvgIpc) is 2.46. The summed E-state index contributed by atoms with van der Waals surface area (Å²) in [6.07, 6.45) is 0. The Balaban J connectivity index is 1.94. The second kappa shape index (κ2) is 6.61. The lowest BCUT2D eigenvalue weighted by atomic mass is 10.2. The van der Waals surface area contributed by atoms with Crippen LogP contribution in [0.1, 0.15) is 12.5 Å². The highest BCUT2D eigenvalue weighted by Gasteiger charge is 1.99. The molecule has 104 valence electrons. The zero-order chi connectivity index (χ0) is 14.4. The zero-order valence-electron chi connectivity index (χ0n) is 11.6. The van der Waals surface area contributed by atoms with E-state index < -0.39 is 0 Å². The number of hydrogen-bond acceptors (Lipinski definition) is 3. The van der Waals surface area contributed by atoms with E-state index in [1.807, 2.05) is 48.5 Å². The fraction of sp³-hybridized carbons (Fsp3) is 0.188. The normalized spacial score (nSPS) is 9.90. The third kappa shape index (κ3) is 4.02. The van der Waals surface area contributed by atoms with E-state index in [0.717, 1.165) is 22.7 Å². The smallest absolute Gasteiger partial charge is 0.221 e. The quantitative estimate of drug-likeness (QED) is 0.908. The number of methoxy groups -OCH3 is 1. The van der Waals surface area contributed by atoms with E-state index in [1.165, 1.54) is 6.92 Å². The van der Waals surface area contributed by atoms with E-state index in [9.17, 15) is 4.79 Å². The van der Waals surface area contributed by atoms with Crippen LogP contribution in [0.25, 0.3) is 0 Å². The number of carbonyl (C=O) groups is 1. The molecule has 4 heteroatoms. The molecule has 0 fully saturated rings. The van der Waals surface area contributed by atoms with Crippen LogP contribution >= 0.6 is 0 Å². The predicted octanol–water partition coefficient (Wildman–Crippen LogP) is 3.23. The first-order chi connectivity index (χ1) is 9.67. The van der Waals surface area contributed by atoms with Gasteiger partial charge in [0.05, 0.1) is 7.11 Å². The molecule has 20 heavy (non-hydrogen) atoms. The van der Waals surface area contributed by atoms with Gasteiger partial charge in [0.15, 0.2) is 0 Å². The SMILES string of the molecule is COc1cccc(COc2ccc(NC(C)=O)cc2)c1. The van der Waals surface area contributed by atoms with Crippen molar-refractivity contribution in [1.82, 2.24) is 0 Å². The van der Waals surface area contributed by atoms with Crippen molar-refractivity contribution in [3.05, 3.63) is 54.1 Å². The highest BCUT2D eigenvalue weighted by atomic mass is 16.5. The zero-order valence-corrected chi connectivity index (χ0v) is 11.6. The van der Waals surface area contributed by atoms with Gasteiger partial charge in [0, 0.05) is 12.6 Å². The molecule has 0 heterocycles. The topological polar surface area (TPSA) is 47.6 Å². The molecule has 0 spiro atoms. The highest BCUT2D eigenvalue weighted by Crippen LogP contribution is 2.18. The van der Waals surface area contributed by atoms with Crippen LogP contribution < -0.4 is 14.8 Å². The summed E-state index contributed by atoms with van der Waals surface area (Å²) in [5, 5.41) is 2.71. The van der Waals surface area contributed by atoms with Gasteiger partial charge in [-0.1, -0.05) is 12.1 Å². The first kappa shape index (κ1) is 13.9. The maximum absolute atomic E-state index is 10.9. The Morgan fingerprint density at radius 3 is 2.50 bits per heavy atom. The predicted molar refractivity (Wildman–Crippen MR) is 78.1 cm³/mol. The van der Waals surface area contributed by atoms with Crippen LogP contribution in [0.5, 0.6) is 11.5 Å². The molecule has 0 aliphatic heterocycles. The summed E-state index contributed by atoms with van der Waals surface area (Å²) < 4.78 is 10.8. The Kier molecular flexibility index (Phi) is 4.60. The molecule has 1 amide bonds. The molecule has 4 nitrogen and oxygen atoms in total. The Morgan fingerprint density at radius 2 is 1.85 bits per heavy atom. The van der Waals surface area contributed by atoms with Gasteiger partial charge in [0.2, 0.25) is 5.91 Å². The molecule has 2 rings (SSSR count). The maximum atomic E-state index is 10.9. The van der Waals surface area contributed by atoms with Crippen molar-refractivity contribution < 1.29 is 14.3 Å². The maximum Gasteiger partial charge on any atom is 0.221 e. The molecular formula is C16H17NO3. The lowest BCUT2D eigenvalue weighted by Crippen LogP contribution is -2.05. The monoisotopic (exact) mass is 271 g/mol. The Morgan fingerprint density at radius 1 is 1.10 bits per heavy atom. The van der Waals surface area contributed by atoms with Crippen LogP contribution in [-0.2, 0) is 11.4 Å². The number of hydrogen-bond donors (Lipinski definition) is 1. The number of ether oxygens (including phenoxy) is 2. The van der Waals surface area contributed by atoms with E-state index in [2.05, 4.69) is 5.32 Å². The first-order valence-corrected chi connectivity index (χ1v) is 6.31. The fourth-order valence-corrected chi connectivity index (χ4v) is 1.77. The van der Waals surface area contributed by atoms with Gasteiger partial charge < -0.3 is 14.8 Å². The summed E-state index contributed by atoms with van der Waals surface area (Å²) in [4.78, 5) is 10.9. The summed E-state index contributed by atoms with van der Waals surface area (Å²) in [5.41, 5.74) is 1.79. The molecule has 0 radical (unpaired) electrons. The molecule has 2 aromatic rings. The minimum Gasteiger partial charge on any atom is -0.497 e. The molecule has 0 aromatic heterocycles. The largest absolute Gasteiger partial charge is 0.497 e. The van der Waals surface area contributed by atoms with E-state index in [1.54, 1.807) is 7.11 Å². The van der Waals surface area contributed by atoms with Crippen LogP contribution in [0.2, 0.25) is 0 Å². The van der Waals surface area contributed by atoms with Gasteiger partial charge in [0.1, 0.15) is 18.1 Å². The summed E-state index contributed by atoms with van der Waals surface area (Å²) >= 11 is 0. The van der Waals surface area contributed by atoms with Crippen LogP contribution in [0, 0.1) is 0 Å². The van der Waals surface area contributed by atoms with Crippen molar-refractivity contribution in [3.8, 4) is 11.5 Å². The van der Waals surface area contributed by atoms with E-state index in [-0.39, 0.29) is 5.91 Å². The van der Waals surface area contributed by atoms with Crippen LogP contribution in [0.3, 0.4) is 0 Å². The van der Waals surface area contributed by atoms with Crippen LogP contribution in [0.15, 0.2) is 48.5 Å². The number of nitrogens with one attached hydrogen (secondary N) is 1. The van der Waals surface area contributed by atoms with Gasteiger partial charge in [-0.3, -0.25) is 4.79 Å². The van der Waals surface area contributed by atoms with Gasteiger partial charge in [-0.05, 0) is 42.0 Å². The molecule has 0 aliphatic carbocycles. The molecule has 0 atom stereocenters. The standard InChI is InChI=1S/C16H17NO3/c1-12(18)17-14-6-8-15(9-7-14)20-11-13-4-3-5-16(10-13)19-2/h3-10H,11H2,1-2H3,(H,17,18). The summed E-state index contributed by atoms with van der Waals surface area (Å²) in [7, 11) is 1.64. The van der Waals surface area contributed by atoms with Crippen LogP contribution in [0.4, 0.5) is 5.69 Å². The Hall–Kier alpha value is -2.49. The molecule has 0 unspecified atom stereocenters. The van der Waals surface area contributed by atoms with E-state index in [4.69, 9.17) is 9.47 Å². The Bertz CT molecular complexity index is 579. The molecule has 1 N–H and O–H groups in total. The van der Waals surface area contributed by atoms with Gasteiger partial charge in [-0.25, -0.2) is 0 Å². The number of amides is 1. The van der Waals surface area contributed by atoms with E-state index >= 15 is 0 Å². The number of rotatable bonds is 5. The minimum absolute atomic E-state index is 0.0879. The van der Waals surface area contributed by atoms with Gasteiger partial charge in [-0.15, -0.1) is 0 Å². The van der Waals surface area contributed by atoms with Crippen molar-refractivity contribution in [1.29, 1.82) is 0 Å². The van der Waals surface area contributed by atoms with Gasteiger partial charge in [-0.2, -0.15) is 0 Å². The molecule has 0 aliphatic rings. The summed E-state index contributed by atoms with van der Waals surface area (Å²) in [6, 6.07) is 15.0. The third-order valence-electron chi connectivity index (χ3n) is 2.71. The molecule has 2 aromatic carbocycles. The summed E-state index contributed by atoms with van der Waals surface area (Å²) in [5.74, 6) is 1.48. The highest BCUT2D eigenvalue weighted by molar-refractivity contribution is 5.88. The average molecular weight is 271 g/mol.